The van der Waals surface area contributed by atoms with E-state index in [9.17, 15) is 14.9 Å². The van der Waals surface area contributed by atoms with Crippen molar-refractivity contribution < 1.29 is 14.1 Å². The third-order valence-corrected chi connectivity index (χ3v) is 4.25. The number of benzene rings is 1. The van der Waals surface area contributed by atoms with Crippen LogP contribution in [0.4, 0.5) is 5.69 Å². The number of carbonyl (C=O) groups excluding carboxylic acids is 1. The standard InChI is InChI=1S/C20H15N5O4/c1-13-19(24-10-3-2-7-18(24)22-13)20(26)23-21-12-16-8-9-17(29-16)14-5-4-6-15(11-14)25(27)28/h2-12H,1H3,(H,23,26)/b21-12-. The minimum Gasteiger partial charge on any atom is -0.455 e. The highest BCUT2D eigenvalue weighted by molar-refractivity contribution is 5.95. The van der Waals surface area contributed by atoms with Crippen LogP contribution in [0.25, 0.3) is 17.0 Å². The summed E-state index contributed by atoms with van der Waals surface area (Å²) < 4.78 is 7.32. The first-order chi connectivity index (χ1) is 14.0. The van der Waals surface area contributed by atoms with E-state index in [1.807, 2.05) is 18.2 Å². The Labute approximate surface area is 164 Å². The molecule has 1 aromatic carbocycles. The molecule has 0 atom stereocenters. The Kier molecular flexibility index (Phi) is 4.62. The van der Waals surface area contributed by atoms with Gasteiger partial charge in [-0.25, -0.2) is 10.4 Å². The van der Waals surface area contributed by atoms with Gasteiger partial charge in [0.25, 0.3) is 11.6 Å². The van der Waals surface area contributed by atoms with E-state index in [2.05, 4.69) is 15.5 Å². The van der Waals surface area contributed by atoms with Gasteiger partial charge in [-0.3, -0.25) is 19.3 Å². The number of rotatable bonds is 5. The molecule has 0 spiro atoms. The molecule has 9 heteroatoms. The average molecular weight is 389 g/mol. The highest BCUT2D eigenvalue weighted by atomic mass is 16.6. The number of pyridine rings is 1. The monoisotopic (exact) mass is 389 g/mol. The molecule has 0 aliphatic rings. The van der Waals surface area contributed by atoms with E-state index in [1.54, 1.807) is 41.8 Å². The molecule has 0 unspecified atom stereocenters. The fourth-order valence-electron chi connectivity index (χ4n) is 2.94. The minimum atomic E-state index is -0.466. The van der Waals surface area contributed by atoms with Crippen molar-refractivity contribution in [2.45, 2.75) is 6.92 Å². The van der Waals surface area contributed by atoms with E-state index < -0.39 is 10.8 Å². The number of amides is 1. The first-order valence-electron chi connectivity index (χ1n) is 8.64. The molecule has 4 rings (SSSR count). The van der Waals surface area contributed by atoms with Crippen molar-refractivity contribution in [3.05, 3.63) is 88.1 Å². The largest absolute Gasteiger partial charge is 0.455 e. The van der Waals surface area contributed by atoms with Crippen molar-refractivity contribution in [3.63, 3.8) is 0 Å². The molecule has 1 amide bonds. The molecule has 0 radical (unpaired) electrons. The van der Waals surface area contributed by atoms with Gasteiger partial charge in [0.05, 0.1) is 16.8 Å². The summed E-state index contributed by atoms with van der Waals surface area (Å²) in [5.41, 5.74) is 4.67. The molecule has 3 heterocycles. The second-order valence-electron chi connectivity index (χ2n) is 6.18. The number of imidazole rings is 1. The van der Waals surface area contributed by atoms with E-state index in [1.165, 1.54) is 18.3 Å². The molecule has 1 N–H and O–H groups in total. The molecule has 4 aromatic rings. The summed E-state index contributed by atoms with van der Waals surface area (Å²) in [4.78, 5) is 27.3. The molecule has 144 valence electrons. The van der Waals surface area contributed by atoms with E-state index in [4.69, 9.17) is 4.42 Å². The Morgan fingerprint density at radius 2 is 2.10 bits per heavy atom. The number of nitrogens with zero attached hydrogens (tertiary/aromatic N) is 4. The smallest absolute Gasteiger partial charge is 0.290 e. The van der Waals surface area contributed by atoms with Crippen LogP contribution >= 0.6 is 0 Å². The number of hydrogen-bond donors (Lipinski definition) is 1. The van der Waals surface area contributed by atoms with Crippen molar-refractivity contribution in [1.82, 2.24) is 14.8 Å². The summed E-state index contributed by atoms with van der Waals surface area (Å²) in [5, 5.41) is 14.8. The molecular formula is C20H15N5O4. The quantitative estimate of drug-likeness (QED) is 0.318. The zero-order chi connectivity index (χ0) is 20.4. The SMILES string of the molecule is Cc1nc2ccccn2c1C(=O)N/N=C\c1ccc(-c2cccc([N+](=O)[O-])c2)o1. The molecule has 0 bridgehead atoms. The lowest BCUT2D eigenvalue weighted by Gasteiger charge is -2.01. The average Bonchev–Trinajstić information content (AvgIpc) is 3.31. The molecular weight excluding hydrogens is 374 g/mol. The third kappa shape index (κ3) is 3.61. The van der Waals surface area contributed by atoms with Crippen LogP contribution in [0.5, 0.6) is 0 Å². The number of non-ortho nitro benzene ring substituents is 1. The van der Waals surface area contributed by atoms with Crippen molar-refractivity contribution in [2.24, 2.45) is 5.10 Å². The van der Waals surface area contributed by atoms with Gasteiger partial charge in [-0.1, -0.05) is 18.2 Å². The van der Waals surface area contributed by atoms with E-state index >= 15 is 0 Å². The van der Waals surface area contributed by atoms with Crippen LogP contribution in [0.2, 0.25) is 0 Å². The van der Waals surface area contributed by atoms with E-state index in [0.29, 0.717) is 34.1 Å². The van der Waals surface area contributed by atoms with Gasteiger partial charge < -0.3 is 4.42 Å². The number of carbonyl (C=O) groups is 1. The Balaban J connectivity index is 1.49. The lowest BCUT2D eigenvalue weighted by molar-refractivity contribution is -0.384. The maximum absolute atomic E-state index is 12.5. The number of nitro benzene ring substituents is 1. The normalized spacial score (nSPS) is 11.2. The Hall–Kier alpha value is -4.27. The maximum atomic E-state index is 12.5. The molecule has 29 heavy (non-hydrogen) atoms. The summed E-state index contributed by atoms with van der Waals surface area (Å²) in [5.74, 6) is 0.448. The van der Waals surface area contributed by atoms with Crippen LogP contribution in [0.15, 0.2) is 70.3 Å². The summed E-state index contributed by atoms with van der Waals surface area (Å²) in [6.45, 7) is 1.75. The number of nitrogens with one attached hydrogen (secondary N) is 1. The fourth-order valence-corrected chi connectivity index (χ4v) is 2.94. The van der Waals surface area contributed by atoms with Gasteiger partial charge in [0.1, 0.15) is 22.9 Å². The summed E-state index contributed by atoms with van der Waals surface area (Å²) in [6, 6.07) is 14.9. The van der Waals surface area contributed by atoms with Crippen molar-refractivity contribution in [3.8, 4) is 11.3 Å². The van der Waals surface area contributed by atoms with E-state index in [0.717, 1.165) is 0 Å². The molecule has 3 aromatic heterocycles. The molecule has 9 nitrogen and oxygen atoms in total. The third-order valence-electron chi connectivity index (χ3n) is 4.25. The van der Waals surface area contributed by atoms with Crippen LogP contribution < -0.4 is 5.43 Å². The van der Waals surface area contributed by atoms with Gasteiger partial charge in [0, 0.05) is 23.9 Å². The number of furan rings is 1. The van der Waals surface area contributed by atoms with Gasteiger partial charge in [-0.2, -0.15) is 5.10 Å². The van der Waals surface area contributed by atoms with Crippen LogP contribution in [0, 0.1) is 17.0 Å². The number of fused-ring (bicyclic) bond motifs is 1. The fraction of sp³-hybridized carbons (Fsp3) is 0.0500. The first kappa shape index (κ1) is 18.1. The number of aryl methyl sites for hydroxylation is 1. The van der Waals surface area contributed by atoms with Crippen molar-refractivity contribution in [2.75, 3.05) is 0 Å². The minimum absolute atomic E-state index is 0.0233. The Bertz CT molecular complexity index is 1250. The first-order valence-corrected chi connectivity index (χ1v) is 8.64. The van der Waals surface area contributed by atoms with Crippen LogP contribution in [0.1, 0.15) is 21.9 Å². The highest BCUT2D eigenvalue weighted by Gasteiger charge is 2.15. The van der Waals surface area contributed by atoms with Crippen LogP contribution in [-0.2, 0) is 0 Å². The summed E-state index contributed by atoms with van der Waals surface area (Å²) in [6.07, 6.45) is 3.11. The maximum Gasteiger partial charge on any atom is 0.290 e. The molecule has 0 saturated heterocycles. The zero-order valence-corrected chi connectivity index (χ0v) is 15.3. The van der Waals surface area contributed by atoms with Crippen LogP contribution in [0.3, 0.4) is 0 Å². The second-order valence-corrected chi connectivity index (χ2v) is 6.18. The summed E-state index contributed by atoms with van der Waals surface area (Å²) in [7, 11) is 0. The van der Waals surface area contributed by atoms with Gasteiger partial charge in [0.2, 0.25) is 0 Å². The Morgan fingerprint density at radius 1 is 1.24 bits per heavy atom. The number of aromatic nitrogens is 2. The predicted octanol–water partition coefficient (Wildman–Crippen LogP) is 3.57. The van der Waals surface area contributed by atoms with Gasteiger partial charge in [-0.15, -0.1) is 0 Å². The van der Waals surface area contributed by atoms with Crippen molar-refractivity contribution in [1.29, 1.82) is 0 Å². The summed E-state index contributed by atoms with van der Waals surface area (Å²) >= 11 is 0. The lowest BCUT2D eigenvalue weighted by Crippen LogP contribution is -2.20. The Morgan fingerprint density at radius 3 is 2.93 bits per heavy atom. The topological polar surface area (TPSA) is 115 Å². The molecule has 0 aliphatic heterocycles. The van der Waals surface area contributed by atoms with Crippen molar-refractivity contribution >= 4 is 23.5 Å². The zero-order valence-electron chi connectivity index (χ0n) is 15.3. The van der Waals surface area contributed by atoms with Gasteiger partial charge >= 0.3 is 0 Å². The van der Waals surface area contributed by atoms with Gasteiger partial charge in [0.15, 0.2) is 0 Å². The molecule has 0 saturated carbocycles. The lowest BCUT2D eigenvalue weighted by atomic mass is 10.1. The number of nitro groups is 1. The van der Waals surface area contributed by atoms with E-state index in [-0.39, 0.29) is 5.69 Å². The number of hydrogen-bond acceptors (Lipinski definition) is 6. The highest BCUT2D eigenvalue weighted by Crippen LogP contribution is 2.25. The number of hydrazone groups is 1. The van der Waals surface area contributed by atoms with Gasteiger partial charge in [-0.05, 0) is 31.2 Å². The van der Waals surface area contributed by atoms with Crippen LogP contribution in [-0.4, -0.2) is 26.4 Å². The second kappa shape index (κ2) is 7.39. The predicted molar refractivity (Wildman–Crippen MR) is 106 cm³/mol. The molecule has 0 fully saturated rings. The molecule has 0 aliphatic carbocycles.